The molecule has 1 aromatic carbocycles. The van der Waals surface area contributed by atoms with Crippen molar-refractivity contribution in [3.63, 3.8) is 0 Å². The summed E-state index contributed by atoms with van der Waals surface area (Å²) in [6.07, 6.45) is 2.37. The van der Waals surface area contributed by atoms with Crippen molar-refractivity contribution in [3.8, 4) is 5.75 Å². The Morgan fingerprint density at radius 1 is 1.30 bits per heavy atom. The van der Waals surface area contributed by atoms with Gasteiger partial charge in [0.25, 0.3) is 5.91 Å². The number of phenols is 1. The molecule has 1 aliphatic carbocycles. The van der Waals surface area contributed by atoms with E-state index in [2.05, 4.69) is 5.32 Å². The third-order valence-corrected chi connectivity index (χ3v) is 3.56. The number of aliphatic carboxylic acids is 1. The average molecular weight is 281 g/mol. The molecule has 108 valence electrons. The van der Waals surface area contributed by atoms with Crippen molar-refractivity contribution in [2.24, 2.45) is 5.92 Å². The minimum absolute atomic E-state index is 0.137. The predicted octanol–water partition coefficient (Wildman–Crippen LogP) is 1.90. The molecule has 1 fully saturated rings. The second-order valence-corrected chi connectivity index (χ2v) is 5.03. The quantitative estimate of drug-likeness (QED) is 0.789. The lowest BCUT2D eigenvalue weighted by Crippen LogP contribution is -2.40. The zero-order chi connectivity index (χ0) is 14.7. The van der Waals surface area contributed by atoms with Crippen LogP contribution in [0.3, 0.4) is 0 Å². The van der Waals surface area contributed by atoms with Gasteiger partial charge in [-0.2, -0.15) is 0 Å². The fourth-order valence-corrected chi connectivity index (χ4v) is 2.50. The van der Waals surface area contributed by atoms with E-state index >= 15 is 0 Å². The Hall–Kier alpha value is -2.11. The number of aromatic hydroxyl groups is 1. The molecule has 1 aliphatic rings. The Labute approximate surface area is 115 Å². The zero-order valence-corrected chi connectivity index (χ0v) is 10.8. The van der Waals surface area contributed by atoms with Gasteiger partial charge >= 0.3 is 5.97 Å². The molecule has 2 rings (SSSR count). The molecule has 0 spiro atoms. The summed E-state index contributed by atoms with van der Waals surface area (Å²) >= 11 is 0. The van der Waals surface area contributed by atoms with Crippen molar-refractivity contribution >= 4 is 11.9 Å². The Morgan fingerprint density at radius 3 is 2.75 bits per heavy atom. The number of halogens is 1. The highest BCUT2D eigenvalue weighted by Crippen LogP contribution is 2.25. The predicted molar refractivity (Wildman–Crippen MR) is 68.9 cm³/mol. The van der Waals surface area contributed by atoms with Gasteiger partial charge in [-0.25, -0.2) is 4.39 Å². The van der Waals surface area contributed by atoms with Gasteiger partial charge in [0.15, 0.2) is 0 Å². The maximum absolute atomic E-state index is 13.1. The topological polar surface area (TPSA) is 86.6 Å². The van der Waals surface area contributed by atoms with E-state index in [4.69, 9.17) is 5.11 Å². The number of hydrogen-bond donors (Lipinski definition) is 3. The molecule has 1 amide bonds. The van der Waals surface area contributed by atoms with E-state index in [-0.39, 0.29) is 17.4 Å². The molecule has 1 aromatic rings. The van der Waals surface area contributed by atoms with Crippen LogP contribution in [0, 0.1) is 11.7 Å². The van der Waals surface area contributed by atoms with Crippen LogP contribution in [0.1, 0.15) is 36.0 Å². The minimum atomic E-state index is -0.863. The molecule has 0 aliphatic heterocycles. The van der Waals surface area contributed by atoms with Crippen LogP contribution in [0.5, 0.6) is 5.75 Å². The Bertz CT molecular complexity index is 532. The van der Waals surface area contributed by atoms with Crippen molar-refractivity contribution in [1.29, 1.82) is 0 Å². The van der Waals surface area contributed by atoms with Gasteiger partial charge in [-0.1, -0.05) is 6.42 Å². The average Bonchev–Trinajstić information content (AvgIpc) is 2.41. The third kappa shape index (κ3) is 3.26. The fourth-order valence-electron chi connectivity index (χ4n) is 2.50. The second kappa shape index (κ2) is 5.90. The second-order valence-electron chi connectivity index (χ2n) is 5.03. The lowest BCUT2D eigenvalue weighted by atomic mass is 9.85. The largest absolute Gasteiger partial charge is 0.507 e. The van der Waals surface area contributed by atoms with Crippen LogP contribution < -0.4 is 5.32 Å². The number of carboxylic acids is 1. The first-order chi connectivity index (χ1) is 9.47. The number of rotatable bonds is 3. The van der Waals surface area contributed by atoms with Crippen LogP contribution in [0.2, 0.25) is 0 Å². The molecule has 0 aromatic heterocycles. The van der Waals surface area contributed by atoms with Crippen molar-refractivity contribution in [2.75, 3.05) is 0 Å². The third-order valence-electron chi connectivity index (χ3n) is 3.56. The standard InChI is InChI=1S/C14H16FNO4/c15-9-4-5-12(17)11(7-9)13(18)16-10-3-1-2-8(6-10)14(19)20/h4-5,7-8,10,17H,1-3,6H2,(H,16,18)(H,19,20). The number of benzene rings is 1. The van der Waals surface area contributed by atoms with E-state index in [0.717, 1.165) is 24.6 Å². The highest BCUT2D eigenvalue weighted by Gasteiger charge is 2.28. The van der Waals surface area contributed by atoms with Crippen molar-refractivity contribution < 1.29 is 24.2 Å². The summed E-state index contributed by atoms with van der Waals surface area (Å²) in [5.41, 5.74) is -0.137. The molecule has 0 saturated heterocycles. The van der Waals surface area contributed by atoms with Crippen molar-refractivity contribution in [3.05, 3.63) is 29.6 Å². The summed E-state index contributed by atoms with van der Waals surface area (Å²) in [5, 5.41) is 21.2. The number of carboxylic acid groups (broad SMARTS) is 1. The van der Waals surface area contributed by atoms with Gasteiger partial charge in [-0.05, 0) is 37.5 Å². The van der Waals surface area contributed by atoms with Gasteiger partial charge in [0.2, 0.25) is 0 Å². The van der Waals surface area contributed by atoms with Gasteiger partial charge in [0.1, 0.15) is 11.6 Å². The summed E-state index contributed by atoms with van der Waals surface area (Å²) in [4.78, 5) is 22.9. The molecule has 5 nitrogen and oxygen atoms in total. The maximum Gasteiger partial charge on any atom is 0.306 e. The van der Waals surface area contributed by atoms with Gasteiger partial charge in [0.05, 0.1) is 11.5 Å². The van der Waals surface area contributed by atoms with Gasteiger partial charge < -0.3 is 15.5 Å². The number of amides is 1. The van der Waals surface area contributed by atoms with Crippen LogP contribution in [-0.4, -0.2) is 28.1 Å². The Morgan fingerprint density at radius 2 is 2.05 bits per heavy atom. The monoisotopic (exact) mass is 281 g/mol. The molecule has 0 bridgehead atoms. The molecule has 0 radical (unpaired) electrons. The number of carbonyl (C=O) groups is 2. The highest BCUT2D eigenvalue weighted by molar-refractivity contribution is 5.97. The van der Waals surface area contributed by atoms with Crippen molar-refractivity contribution in [1.82, 2.24) is 5.32 Å². The Kier molecular flexibility index (Phi) is 4.22. The first-order valence-corrected chi connectivity index (χ1v) is 6.49. The van der Waals surface area contributed by atoms with E-state index in [9.17, 15) is 19.1 Å². The molecule has 3 N–H and O–H groups in total. The molecule has 0 heterocycles. The lowest BCUT2D eigenvalue weighted by Gasteiger charge is -2.27. The lowest BCUT2D eigenvalue weighted by molar-refractivity contribution is -0.143. The van der Waals surface area contributed by atoms with Crippen LogP contribution in [-0.2, 0) is 4.79 Å². The van der Waals surface area contributed by atoms with E-state index in [1.165, 1.54) is 0 Å². The fraction of sp³-hybridized carbons (Fsp3) is 0.429. The summed E-state index contributed by atoms with van der Waals surface area (Å²) in [6, 6.07) is 2.88. The normalized spacial score (nSPS) is 22.2. The van der Waals surface area contributed by atoms with E-state index in [1.54, 1.807) is 0 Å². The van der Waals surface area contributed by atoms with E-state index < -0.39 is 23.6 Å². The number of carbonyl (C=O) groups excluding carboxylic acids is 1. The molecule has 1 saturated carbocycles. The zero-order valence-electron chi connectivity index (χ0n) is 10.8. The smallest absolute Gasteiger partial charge is 0.306 e. The molecule has 20 heavy (non-hydrogen) atoms. The summed E-state index contributed by atoms with van der Waals surface area (Å²) in [5.74, 6) is -2.82. The molecule has 6 heteroatoms. The molecular weight excluding hydrogens is 265 g/mol. The van der Waals surface area contributed by atoms with Crippen LogP contribution in [0.25, 0.3) is 0 Å². The summed E-state index contributed by atoms with van der Waals surface area (Å²) in [6.45, 7) is 0. The summed E-state index contributed by atoms with van der Waals surface area (Å²) < 4.78 is 13.1. The van der Waals surface area contributed by atoms with Crippen LogP contribution >= 0.6 is 0 Å². The minimum Gasteiger partial charge on any atom is -0.507 e. The number of nitrogens with one attached hydrogen (secondary N) is 1. The molecule has 2 unspecified atom stereocenters. The SMILES string of the molecule is O=C(NC1CCCC(C(=O)O)C1)c1cc(F)ccc1O. The maximum atomic E-state index is 13.1. The Balaban J connectivity index is 2.04. The van der Waals surface area contributed by atoms with E-state index in [1.807, 2.05) is 0 Å². The van der Waals surface area contributed by atoms with Crippen LogP contribution in [0.15, 0.2) is 18.2 Å². The molecular formula is C14H16FNO4. The number of phenolic OH excluding ortho intramolecular Hbond substituents is 1. The van der Waals surface area contributed by atoms with Gasteiger partial charge in [-0.3, -0.25) is 9.59 Å². The van der Waals surface area contributed by atoms with E-state index in [0.29, 0.717) is 19.3 Å². The first-order valence-electron chi connectivity index (χ1n) is 6.49. The van der Waals surface area contributed by atoms with Crippen molar-refractivity contribution in [2.45, 2.75) is 31.7 Å². The summed E-state index contributed by atoms with van der Waals surface area (Å²) in [7, 11) is 0. The van der Waals surface area contributed by atoms with Gasteiger partial charge in [0, 0.05) is 6.04 Å². The highest BCUT2D eigenvalue weighted by atomic mass is 19.1. The molecule has 2 atom stereocenters. The number of hydrogen-bond acceptors (Lipinski definition) is 3. The first kappa shape index (κ1) is 14.3. The van der Waals surface area contributed by atoms with Gasteiger partial charge in [-0.15, -0.1) is 0 Å². The van der Waals surface area contributed by atoms with Crippen LogP contribution in [0.4, 0.5) is 4.39 Å².